The van der Waals surface area contributed by atoms with Crippen molar-refractivity contribution >= 4 is 0 Å². The van der Waals surface area contributed by atoms with Gasteiger partial charge < -0.3 is 4.74 Å². The first kappa shape index (κ1) is 26.4. The zero-order chi connectivity index (χ0) is 22.9. The second-order valence-electron chi connectivity index (χ2n) is 9.20. The summed E-state index contributed by atoms with van der Waals surface area (Å²) in [6.07, 6.45) is 16.2. The second kappa shape index (κ2) is 16.8. The molecule has 0 heterocycles. The summed E-state index contributed by atoms with van der Waals surface area (Å²) < 4.78 is 19.6. The summed E-state index contributed by atoms with van der Waals surface area (Å²) in [5.41, 5.74) is 3.82. The Hall–Kier alpha value is -1.83. The lowest BCUT2D eigenvalue weighted by atomic mass is 10.0. The van der Waals surface area contributed by atoms with Crippen molar-refractivity contribution in [1.29, 1.82) is 0 Å². The molecule has 0 amide bonds. The van der Waals surface area contributed by atoms with Gasteiger partial charge in [0.05, 0.1) is 0 Å². The van der Waals surface area contributed by atoms with E-state index < -0.39 is 6.17 Å². The van der Waals surface area contributed by atoms with Crippen LogP contribution in [0.5, 0.6) is 5.75 Å². The van der Waals surface area contributed by atoms with Crippen LogP contribution in [0.25, 0.3) is 11.1 Å². The first-order chi connectivity index (χ1) is 15.7. The average Bonchev–Trinajstić information content (AvgIpc) is 2.83. The summed E-state index contributed by atoms with van der Waals surface area (Å²) in [7, 11) is 0. The minimum absolute atomic E-state index is 0.152. The number of hydrogen-bond acceptors (Lipinski definition) is 1. The van der Waals surface area contributed by atoms with E-state index in [1.54, 1.807) is 0 Å². The van der Waals surface area contributed by atoms with E-state index in [1.807, 2.05) is 12.1 Å². The van der Waals surface area contributed by atoms with Gasteiger partial charge in [-0.3, -0.25) is 0 Å². The molecule has 1 nitrogen and oxygen atoms in total. The van der Waals surface area contributed by atoms with Gasteiger partial charge in [-0.05, 0) is 48.1 Å². The molecule has 0 saturated heterocycles. The average molecular weight is 441 g/mol. The van der Waals surface area contributed by atoms with Gasteiger partial charge in [0.1, 0.15) is 18.5 Å². The quantitative estimate of drug-likeness (QED) is 0.210. The van der Waals surface area contributed by atoms with Crippen molar-refractivity contribution < 1.29 is 9.13 Å². The minimum Gasteiger partial charge on any atom is -0.491 e. The van der Waals surface area contributed by atoms with Gasteiger partial charge in [-0.15, -0.1) is 0 Å². The van der Waals surface area contributed by atoms with Gasteiger partial charge >= 0.3 is 0 Å². The minimum atomic E-state index is -0.875. The lowest BCUT2D eigenvalue weighted by Gasteiger charge is -2.11. The molecular formula is C30H45FO. The number of benzene rings is 2. The fourth-order valence-corrected chi connectivity index (χ4v) is 4.13. The maximum Gasteiger partial charge on any atom is 0.134 e. The molecule has 178 valence electrons. The summed E-state index contributed by atoms with van der Waals surface area (Å²) in [4.78, 5) is 0. The smallest absolute Gasteiger partial charge is 0.134 e. The van der Waals surface area contributed by atoms with Crippen LogP contribution in [0.3, 0.4) is 0 Å². The van der Waals surface area contributed by atoms with E-state index in [0.717, 1.165) is 18.6 Å². The van der Waals surface area contributed by atoms with E-state index in [0.29, 0.717) is 6.42 Å². The van der Waals surface area contributed by atoms with Crippen LogP contribution in [0.2, 0.25) is 0 Å². The molecule has 2 aromatic carbocycles. The van der Waals surface area contributed by atoms with Crippen molar-refractivity contribution in [3.05, 3.63) is 54.1 Å². The largest absolute Gasteiger partial charge is 0.491 e. The zero-order valence-electron chi connectivity index (χ0n) is 20.6. The molecule has 2 rings (SSSR count). The highest BCUT2D eigenvalue weighted by molar-refractivity contribution is 5.64. The van der Waals surface area contributed by atoms with Gasteiger partial charge in [-0.25, -0.2) is 4.39 Å². The highest BCUT2D eigenvalue weighted by Crippen LogP contribution is 2.24. The van der Waals surface area contributed by atoms with Gasteiger partial charge in [0.25, 0.3) is 0 Å². The Kier molecular flexibility index (Phi) is 13.8. The van der Waals surface area contributed by atoms with Crippen LogP contribution in [0.15, 0.2) is 48.5 Å². The molecule has 0 aliphatic rings. The Morgan fingerprint density at radius 1 is 0.625 bits per heavy atom. The molecule has 0 radical (unpaired) electrons. The Morgan fingerprint density at radius 2 is 1.12 bits per heavy atom. The molecule has 0 aliphatic heterocycles. The normalized spacial score (nSPS) is 12.1. The molecule has 0 aliphatic carbocycles. The molecule has 2 aromatic rings. The van der Waals surface area contributed by atoms with E-state index in [-0.39, 0.29) is 6.61 Å². The van der Waals surface area contributed by atoms with Gasteiger partial charge in [-0.1, -0.05) is 121 Å². The highest BCUT2D eigenvalue weighted by atomic mass is 19.1. The fourth-order valence-electron chi connectivity index (χ4n) is 4.13. The molecule has 0 bridgehead atoms. The van der Waals surface area contributed by atoms with E-state index in [1.165, 1.54) is 87.3 Å². The third-order valence-corrected chi connectivity index (χ3v) is 6.26. The molecule has 0 aromatic heterocycles. The lowest BCUT2D eigenvalue weighted by Crippen LogP contribution is -2.12. The van der Waals surface area contributed by atoms with Crippen LogP contribution in [0.1, 0.15) is 103 Å². The molecule has 1 atom stereocenters. The highest BCUT2D eigenvalue weighted by Gasteiger charge is 2.07. The number of aryl methyl sites for hydroxylation is 1. The predicted molar refractivity (Wildman–Crippen MR) is 137 cm³/mol. The number of halogens is 1. The van der Waals surface area contributed by atoms with Gasteiger partial charge in [0, 0.05) is 0 Å². The summed E-state index contributed by atoms with van der Waals surface area (Å²) in [5.74, 6) is 0.747. The Bertz CT molecular complexity index is 692. The third kappa shape index (κ3) is 11.2. The van der Waals surface area contributed by atoms with Gasteiger partial charge in [-0.2, -0.15) is 0 Å². The van der Waals surface area contributed by atoms with Gasteiger partial charge in [0.2, 0.25) is 0 Å². The van der Waals surface area contributed by atoms with Crippen molar-refractivity contribution in [3.63, 3.8) is 0 Å². The van der Waals surface area contributed by atoms with Crippen LogP contribution in [0, 0.1) is 0 Å². The molecule has 0 spiro atoms. The molecular weight excluding hydrogens is 395 g/mol. The Morgan fingerprint density at radius 3 is 1.72 bits per heavy atom. The molecule has 1 unspecified atom stereocenters. The van der Waals surface area contributed by atoms with Crippen LogP contribution >= 0.6 is 0 Å². The van der Waals surface area contributed by atoms with E-state index in [4.69, 9.17) is 4.74 Å². The maximum atomic E-state index is 14.0. The maximum absolute atomic E-state index is 14.0. The summed E-state index contributed by atoms with van der Waals surface area (Å²) in [6, 6.07) is 17.0. The Labute approximate surface area is 196 Å². The molecule has 2 heteroatoms. The summed E-state index contributed by atoms with van der Waals surface area (Å²) in [6.45, 7) is 4.60. The van der Waals surface area contributed by atoms with E-state index in [2.05, 4.69) is 50.2 Å². The number of hydrogen-bond donors (Lipinski definition) is 0. The molecule has 0 fully saturated rings. The van der Waals surface area contributed by atoms with Crippen LogP contribution in [-0.4, -0.2) is 12.8 Å². The summed E-state index contributed by atoms with van der Waals surface area (Å²) in [5, 5.41) is 0. The van der Waals surface area contributed by atoms with Crippen molar-refractivity contribution in [3.8, 4) is 16.9 Å². The van der Waals surface area contributed by atoms with E-state index in [9.17, 15) is 4.39 Å². The first-order valence-corrected chi connectivity index (χ1v) is 13.2. The van der Waals surface area contributed by atoms with Crippen molar-refractivity contribution in [1.82, 2.24) is 0 Å². The van der Waals surface area contributed by atoms with E-state index >= 15 is 0 Å². The molecule has 32 heavy (non-hydrogen) atoms. The number of alkyl halides is 1. The lowest BCUT2D eigenvalue weighted by molar-refractivity contribution is 0.184. The van der Waals surface area contributed by atoms with Crippen LogP contribution in [-0.2, 0) is 6.42 Å². The van der Waals surface area contributed by atoms with Crippen molar-refractivity contribution in [2.75, 3.05) is 6.61 Å². The first-order valence-electron chi connectivity index (χ1n) is 13.2. The van der Waals surface area contributed by atoms with Gasteiger partial charge in [0.15, 0.2) is 0 Å². The van der Waals surface area contributed by atoms with Crippen LogP contribution in [0.4, 0.5) is 4.39 Å². The van der Waals surface area contributed by atoms with Crippen LogP contribution < -0.4 is 4.74 Å². The fraction of sp³-hybridized carbons (Fsp3) is 0.600. The zero-order valence-corrected chi connectivity index (χ0v) is 20.6. The number of ether oxygens (including phenoxy) is 1. The van der Waals surface area contributed by atoms with Crippen molar-refractivity contribution in [2.45, 2.75) is 110 Å². The van der Waals surface area contributed by atoms with Crippen molar-refractivity contribution in [2.24, 2.45) is 0 Å². The Balaban J connectivity index is 1.67. The number of unbranched alkanes of at least 4 members (excludes halogenated alkanes) is 10. The topological polar surface area (TPSA) is 9.23 Å². The SMILES string of the molecule is CCCCCCCCCCc1ccc(-c2ccc(OCC(F)CCCCCC)cc2)cc1. The number of rotatable bonds is 18. The second-order valence-corrected chi connectivity index (χ2v) is 9.20. The molecule has 0 saturated carbocycles. The predicted octanol–water partition coefficient (Wildman–Crippen LogP) is 9.72. The third-order valence-electron chi connectivity index (χ3n) is 6.26. The summed E-state index contributed by atoms with van der Waals surface area (Å²) >= 11 is 0. The standard InChI is InChI=1S/C30H45FO/c1-3-5-7-9-10-11-12-13-15-26-17-19-27(20-18-26)28-21-23-30(24-22-28)32-25-29(31)16-14-8-6-4-2/h17-24,29H,3-16,25H2,1-2H3. The monoisotopic (exact) mass is 440 g/mol. The molecule has 0 N–H and O–H groups in total.